The standard InChI is InChI=1S/C32H36N/c1-19-16-29(33(9)22(4)20(19)2)25-14-15-27-30(21(25)3)26-17-23-12-10-11-13-24(23)18-28(26)32(7,8)31(27,5)6/h10-18H,1-9H3/q+1/i2D3,4D3. The Morgan fingerprint density at radius 2 is 1.39 bits per heavy atom. The normalized spacial score (nSPS) is 19.4. The molecule has 0 bridgehead atoms. The Balaban J connectivity index is 1.88. The van der Waals surface area contributed by atoms with Crippen LogP contribution in [-0.2, 0) is 17.9 Å². The monoisotopic (exact) mass is 440 g/mol. The van der Waals surface area contributed by atoms with Gasteiger partial charge in [0.25, 0.3) is 0 Å². The molecule has 1 aliphatic rings. The van der Waals surface area contributed by atoms with Crippen LogP contribution in [-0.4, -0.2) is 0 Å². The SMILES string of the molecule is [2H]C([2H])([2H])c1c(C)cc(-c2ccc3c(c2C)-c2cc4ccccc4cc2C(C)(C)C3(C)C)[n+](C)c1C([2H])([2H])[2H]. The van der Waals surface area contributed by atoms with E-state index in [-0.39, 0.29) is 22.1 Å². The summed E-state index contributed by atoms with van der Waals surface area (Å²) in [6.07, 6.45) is 0. The summed E-state index contributed by atoms with van der Waals surface area (Å²) >= 11 is 0. The van der Waals surface area contributed by atoms with Crippen LogP contribution in [0.4, 0.5) is 0 Å². The van der Waals surface area contributed by atoms with E-state index in [2.05, 4.69) is 83.1 Å². The zero-order valence-electron chi connectivity index (χ0n) is 26.6. The number of benzene rings is 3. The Labute approximate surface area is 207 Å². The van der Waals surface area contributed by atoms with Crippen molar-refractivity contribution < 1.29 is 12.8 Å². The second-order valence-corrected chi connectivity index (χ2v) is 10.7. The molecule has 168 valence electrons. The van der Waals surface area contributed by atoms with Crippen LogP contribution in [0.5, 0.6) is 0 Å². The summed E-state index contributed by atoms with van der Waals surface area (Å²) in [5, 5.41) is 2.39. The predicted molar refractivity (Wildman–Crippen MR) is 141 cm³/mol. The lowest BCUT2D eigenvalue weighted by atomic mass is 9.54. The molecule has 1 aliphatic carbocycles. The molecule has 5 rings (SSSR count). The lowest BCUT2D eigenvalue weighted by molar-refractivity contribution is -0.667. The lowest BCUT2D eigenvalue weighted by Gasteiger charge is -2.49. The van der Waals surface area contributed by atoms with Crippen LogP contribution in [0.1, 0.15) is 69.4 Å². The molecule has 1 aromatic heterocycles. The highest BCUT2D eigenvalue weighted by Gasteiger charge is 2.46. The number of nitrogens with zero attached hydrogens (tertiary/aromatic N) is 1. The second-order valence-electron chi connectivity index (χ2n) is 10.7. The number of aryl methyl sites for hydroxylation is 1. The molecule has 0 spiro atoms. The fourth-order valence-corrected chi connectivity index (χ4v) is 5.60. The fraction of sp³-hybridized carbons (Fsp3) is 0.344. The summed E-state index contributed by atoms with van der Waals surface area (Å²) in [6, 6.07) is 19.1. The molecule has 1 nitrogen and oxygen atoms in total. The summed E-state index contributed by atoms with van der Waals surface area (Å²) in [6.45, 7) is 7.89. The molecule has 0 radical (unpaired) electrons. The quantitative estimate of drug-likeness (QED) is 0.266. The van der Waals surface area contributed by atoms with Gasteiger partial charge in [0, 0.05) is 32.3 Å². The molecule has 0 N–H and O–H groups in total. The van der Waals surface area contributed by atoms with Gasteiger partial charge in [0.05, 0.1) is 0 Å². The zero-order valence-corrected chi connectivity index (χ0v) is 20.6. The van der Waals surface area contributed by atoms with E-state index >= 15 is 0 Å². The van der Waals surface area contributed by atoms with Crippen molar-refractivity contribution in [2.24, 2.45) is 7.05 Å². The summed E-state index contributed by atoms with van der Waals surface area (Å²) < 4.78 is 50.5. The molecule has 0 unspecified atom stereocenters. The topological polar surface area (TPSA) is 3.88 Å². The minimum atomic E-state index is -2.58. The second kappa shape index (κ2) is 7.03. The molecule has 33 heavy (non-hydrogen) atoms. The smallest absolute Gasteiger partial charge is 0.198 e. The first-order chi connectivity index (χ1) is 17.9. The highest BCUT2D eigenvalue weighted by molar-refractivity contribution is 5.94. The van der Waals surface area contributed by atoms with Gasteiger partial charge in [-0.3, -0.25) is 0 Å². The first-order valence-electron chi connectivity index (χ1n) is 14.6. The number of hydrogen-bond acceptors (Lipinski definition) is 0. The largest absolute Gasteiger partial charge is 0.213 e. The predicted octanol–water partition coefficient (Wildman–Crippen LogP) is 7.80. The number of fused-ring (bicyclic) bond motifs is 4. The minimum Gasteiger partial charge on any atom is -0.198 e. The zero-order chi connectivity index (χ0) is 28.9. The van der Waals surface area contributed by atoms with Crippen LogP contribution in [0.15, 0.2) is 54.6 Å². The molecule has 3 aromatic carbocycles. The van der Waals surface area contributed by atoms with Crippen LogP contribution in [0.25, 0.3) is 33.2 Å². The van der Waals surface area contributed by atoms with Crippen LogP contribution in [0.3, 0.4) is 0 Å². The van der Waals surface area contributed by atoms with Crippen molar-refractivity contribution in [1.29, 1.82) is 0 Å². The fourth-order valence-electron chi connectivity index (χ4n) is 5.60. The van der Waals surface area contributed by atoms with E-state index in [0.717, 1.165) is 11.1 Å². The maximum Gasteiger partial charge on any atom is 0.213 e. The molecule has 0 amide bonds. The van der Waals surface area contributed by atoms with Gasteiger partial charge >= 0.3 is 0 Å². The van der Waals surface area contributed by atoms with E-state index in [9.17, 15) is 0 Å². The molecule has 0 aliphatic heterocycles. The van der Waals surface area contributed by atoms with Crippen molar-refractivity contribution >= 4 is 10.8 Å². The van der Waals surface area contributed by atoms with Crippen LogP contribution < -0.4 is 4.57 Å². The Bertz CT molecular complexity index is 1650. The average Bonchev–Trinajstić information content (AvgIpc) is 2.81. The van der Waals surface area contributed by atoms with Crippen molar-refractivity contribution in [2.45, 2.75) is 66.1 Å². The highest BCUT2D eigenvalue weighted by Crippen LogP contribution is 2.56. The van der Waals surface area contributed by atoms with Crippen molar-refractivity contribution in [3.05, 3.63) is 88.1 Å². The molecular weight excluding hydrogens is 398 g/mol. The van der Waals surface area contributed by atoms with Gasteiger partial charge in [0.1, 0.15) is 7.05 Å². The molecule has 0 saturated heterocycles. The van der Waals surface area contributed by atoms with E-state index in [1.165, 1.54) is 33.0 Å². The summed E-state index contributed by atoms with van der Waals surface area (Å²) in [7, 11) is 1.67. The summed E-state index contributed by atoms with van der Waals surface area (Å²) in [5.41, 5.74) is 7.48. The number of aromatic nitrogens is 1. The Morgan fingerprint density at radius 3 is 2.06 bits per heavy atom. The van der Waals surface area contributed by atoms with Gasteiger partial charge in [0.2, 0.25) is 5.69 Å². The molecule has 4 aromatic rings. The summed E-state index contributed by atoms with van der Waals surface area (Å²) in [4.78, 5) is 0. The van der Waals surface area contributed by atoms with Gasteiger partial charge in [0.15, 0.2) is 5.69 Å². The maximum absolute atomic E-state index is 8.23. The minimum absolute atomic E-state index is 0.0935. The van der Waals surface area contributed by atoms with Crippen LogP contribution in [0, 0.1) is 27.6 Å². The third kappa shape index (κ3) is 2.88. The maximum atomic E-state index is 8.23. The molecule has 0 atom stereocenters. The molecule has 1 heterocycles. The van der Waals surface area contributed by atoms with Crippen molar-refractivity contribution in [1.82, 2.24) is 0 Å². The van der Waals surface area contributed by atoms with E-state index in [1.807, 2.05) is 6.07 Å². The molecule has 1 heteroatoms. The number of hydrogen-bond donors (Lipinski definition) is 0. The summed E-state index contributed by atoms with van der Waals surface area (Å²) in [5.74, 6) is 0. The van der Waals surface area contributed by atoms with E-state index < -0.39 is 13.7 Å². The Kier molecular flexibility index (Phi) is 3.37. The number of rotatable bonds is 1. The third-order valence-corrected chi connectivity index (χ3v) is 8.49. The van der Waals surface area contributed by atoms with Gasteiger partial charge in [-0.1, -0.05) is 58.0 Å². The van der Waals surface area contributed by atoms with Gasteiger partial charge in [-0.25, -0.2) is 0 Å². The first kappa shape index (κ1) is 15.8. The van der Waals surface area contributed by atoms with E-state index in [4.69, 9.17) is 8.22 Å². The van der Waals surface area contributed by atoms with Gasteiger partial charge in [-0.05, 0) is 93.9 Å². The Hall–Kier alpha value is -2.93. The van der Waals surface area contributed by atoms with Crippen LogP contribution >= 0.6 is 0 Å². The lowest BCUT2D eigenvalue weighted by Crippen LogP contribution is -2.44. The van der Waals surface area contributed by atoms with Crippen molar-refractivity contribution in [3.63, 3.8) is 0 Å². The highest BCUT2D eigenvalue weighted by atomic mass is 14.9. The molecular formula is C32H36N+. The first-order valence-corrected chi connectivity index (χ1v) is 11.6. The molecule has 0 saturated carbocycles. The van der Waals surface area contributed by atoms with Gasteiger partial charge < -0.3 is 0 Å². The Morgan fingerprint density at radius 1 is 0.727 bits per heavy atom. The van der Waals surface area contributed by atoms with Crippen LogP contribution in [0.2, 0.25) is 0 Å². The van der Waals surface area contributed by atoms with Crippen molar-refractivity contribution in [2.75, 3.05) is 0 Å². The van der Waals surface area contributed by atoms with Crippen molar-refractivity contribution in [3.8, 4) is 22.4 Å². The average molecular weight is 441 g/mol. The van der Waals surface area contributed by atoms with E-state index in [1.54, 1.807) is 18.5 Å². The number of pyridine rings is 1. The molecule has 0 fully saturated rings. The van der Waals surface area contributed by atoms with Gasteiger partial charge in [-0.15, -0.1) is 0 Å². The third-order valence-electron chi connectivity index (χ3n) is 8.49. The van der Waals surface area contributed by atoms with Gasteiger partial charge in [-0.2, -0.15) is 4.57 Å². The van der Waals surface area contributed by atoms with E-state index in [0.29, 0.717) is 11.3 Å².